The summed E-state index contributed by atoms with van der Waals surface area (Å²) in [6.07, 6.45) is 0. The van der Waals surface area contributed by atoms with Crippen molar-refractivity contribution in [2.75, 3.05) is 23.8 Å². The van der Waals surface area contributed by atoms with E-state index in [4.69, 9.17) is 4.74 Å². The minimum Gasteiger partial charge on any atom is -0.452 e. The van der Waals surface area contributed by atoms with Crippen LogP contribution in [0.1, 0.15) is 37.4 Å². The van der Waals surface area contributed by atoms with Gasteiger partial charge in [0, 0.05) is 11.1 Å². The average Bonchev–Trinajstić information content (AvgIpc) is 3.34. The maximum Gasteiger partial charge on any atom is 0.340 e. The predicted octanol–water partition coefficient (Wildman–Crippen LogP) is 3.84. The Labute approximate surface area is 201 Å². The van der Waals surface area contributed by atoms with Crippen LogP contribution in [0.25, 0.3) is 0 Å². The number of para-hydroxylation sites is 1. The van der Waals surface area contributed by atoms with Gasteiger partial charge >= 0.3 is 5.97 Å². The van der Waals surface area contributed by atoms with Gasteiger partial charge in [-0.05, 0) is 55.5 Å². The van der Waals surface area contributed by atoms with E-state index in [-0.39, 0.29) is 23.7 Å². The monoisotopic (exact) mass is 479 g/mol. The number of ether oxygens (including phenoxy) is 1. The topological polar surface area (TPSA) is 114 Å². The number of carbonyl (C=O) groups excluding carboxylic acids is 4. The van der Waals surface area contributed by atoms with E-state index >= 15 is 0 Å². The molecule has 1 aromatic heterocycles. The zero-order valence-electron chi connectivity index (χ0n) is 19.1. The van der Waals surface area contributed by atoms with Gasteiger partial charge < -0.3 is 20.7 Å². The Bertz CT molecular complexity index is 1200. The Morgan fingerprint density at radius 3 is 2.29 bits per heavy atom. The molecular formula is C25H25N3O5S. The van der Waals surface area contributed by atoms with Crippen LogP contribution in [0.2, 0.25) is 0 Å². The summed E-state index contributed by atoms with van der Waals surface area (Å²) in [7, 11) is 0. The summed E-state index contributed by atoms with van der Waals surface area (Å²) in [4.78, 5) is 49.1. The second kappa shape index (κ2) is 11.2. The van der Waals surface area contributed by atoms with Crippen LogP contribution in [0.4, 0.5) is 11.4 Å². The van der Waals surface area contributed by atoms with Gasteiger partial charge in [0.2, 0.25) is 5.91 Å². The summed E-state index contributed by atoms with van der Waals surface area (Å²) < 4.78 is 5.07. The summed E-state index contributed by atoms with van der Waals surface area (Å²) in [6.45, 7) is 4.93. The molecule has 0 atom stereocenters. The minimum atomic E-state index is -0.772. The molecule has 3 N–H and O–H groups in total. The zero-order valence-corrected chi connectivity index (χ0v) is 19.9. The van der Waals surface area contributed by atoms with Crippen LogP contribution < -0.4 is 16.0 Å². The number of hydrogen-bond acceptors (Lipinski definition) is 6. The lowest BCUT2D eigenvalue weighted by molar-refractivity contribution is -0.126. The van der Waals surface area contributed by atoms with Gasteiger partial charge in [0.15, 0.2) is 6.61 Å². The molecule has 8 nitrogen and oxygen atoms in total. The molecule has 0 spiro atoms. The summed E-state index contributed by atoms with van der Waals surface area (Å²) >= 11 is 1.38. The fourth-order valence-electron chi connectivity index (χ4n) is 3.36. The van der Waals surface area contributed by atoms with E-state index in [0.717, 1.165) is 16.7 Å². The number of hydrogen-bond donors (Lipinski definition) is 3. The maximum absolute atomic E-state index is 12.5. The molecule has 176 valence electrons. The smallest absolute Gasteiger partial charge is 0.340 e. The van der Waals surface area contributed by atoms with E-state index in [1.54, 1.807) is 35.0 Å². The van der Waals surface area contributed by atoms with Crippen molar-refractivity contribution in [1.82, 2.24) is 5.32 Å². The van der Waals surface area contributed by atoms with Gasteiger partial charge in [-0.1, -0.05) is 29.8 Å². The van der Waals surface area contributed by atoms with Gasteiger partial charge in [0.1, 0.15) is 0 Å². The number of esters is 1. The summed E-state index contributed by atoms with van der Waals surface area (Å²) in [5.41, 5.74) is 4.51. The van der Waals surface area contributed by atoms with Crippen LogP contribution in [-0.4, -0.2) is 36.8 Å². The third-order valence-electron chi connectivity index (χ3n) is 4.90. The molecule has 2 aromatic carbocycles. The van der Waals surface area contributed by atoms with Crippen molar-refractivity contribution in [3.8, 4) is 0 Å². The average molecular weight is 480 g/mol. The Balaban J connectivity index is 1.50. The molecule has 0 radical (unpaired) electrons. The van der Waals surface area contributed by atoms with Crippen LogP contribution in [0, 0.1) is 20.8 Å². The molecule has 0 unspecified atom stereocenters. The van der Waals surface area contributed by atoms with Crippen LogP contribution in [0.3, 0.4) is 0 Å². The highest BCUT2D eigenvalue weighted by atomic mass is 32.1. The first kappa shape index (κ1) is 24.7. The number of aryl methyl sites for hydroxylation is 3. The second-order valence-corrected chi connectivity index (χ2v) is 8.47. The molecule has 0 fully saturated rings. The lowest BCUT2D eigenvalue weighted by Crippen LogP contribution is -2.35. The Morgan fingerprint density at radius 1 is 0.912 bits per heavy atom. The van der Waals surface area contributed by atoms with E-state index in [0.29, 0.717) is 11.3 Å². The van der Waals surface area contributed by atoms with Crippen molar-refractivity contribution in [2.45, 2.75) is 20.8 Å². The van der Waals surface area contributed by atoms with Gasteiger partial charge in [-0.25, -0.2) is 4.79 Å². The van der Waals surface area contributed by atoms with Crippen molar-refractivity contribution in [3.05, 3.63) is 81.0 Å². The van der Waals surface area contributed by atoms with Crippen molar-refractivity contribution < 1.29 is 23.9 Å². The first-order valence-electron chi connectivity index (χ1n) is 10.5. The summed E-state index contributed by atoms with van der Waals surface area (Å²) in [5, 5.41) is 11.4. The van der Waals surface area contributed by atoms with E-state index < -0.39 is 24.4 Å². The Hall–Kier alpha value is -3.98. The van der Waals surface area contributed by atoms with Crippen LogP contribution in [-0.2, 0) is 14.3 Å². The fourth-order valence-corrected chi connectivity index (χ4v) is 3.99. The van der Waals surface area contributed by atoms with E-state index in [2.05, 4.69) is 16.0 Å². The number of anilines is 2. The molecule has 0 saturated carbocycles. The summed E-state index contributed by atoms with van der Waals surface area (Å²) in [6, 6.07) is 11.9. The molecule has 0 saturated heterocycles. The fraction of sp³-hybridized carbons (Fsp3) is 0.200. The number of carbonyl (C=O) groups is 4. The number of nitrogens with one attached hydrogen (secondary N) is 3. The van der Waals surface area contributed by atoms with Crippen LogP contribution in [0.15, 0.2) is 53.2 Å². The molecule has 34 heavy (non-hydrogen) atoms. The quantitative estimate of drug-likeness (QED) is 0.425. The largest absolute Gasteiger partial charge is 0.452 e. The highest BCUT2D eigenvalue weighted by molar-refractivity contribution is 7.08. The standard InChI is InChI=1S/C25H25N3O5S/c1-15-10-16(2)23(17(3)11-15)28-21(29)12-26-22(30)13-33-25(32)19-6-4-5-7-20(19)27-24(31)18-8-9-34-14-18/h4-11,14H,12-13H2,1-3H3,(H,26,30)(H,27,31)(H,28,29). The van der Waals surface area contributed by atoms with Gasteiger partial charge in [0.05, 0.1) is 23.4 Å². The van der Waals surface area contributed by atoms with Crippen LogP contribution >= 0.6 is 11.3 Å². The highest BCUT2D eigenvalue weighted by Crippen LogP contribution is 2.22. The van der Waals surface area contributed by atoms with Gasteiger partial charge in [-0.3, -0.25) is 14.4 Å². The SMILES string of the molecule is Cc1cc(C)c(NC(=O)CNC(=O)COC(=O)c2ccccc2NC(=O)c2ccsc2)c(C)c1. The molecule has 1 heterocycles. The number of rotatable bonds is 8. The highest BCUT2D eigenvalue weighted by Gasteiger charge is 2.17. The second-order valence-electron chi connectivity index (χ2n) is 7.69. The van der Waals surface area contributed by atoms with Gasteiger partial charge in [-0.15, -0.1) is 0 Å². The lowest BCUT2D eigenvalue weighted by Gasteiger charge is -2.13. The molecule has 3 amide bonds. The third-order valence-corrected chi connectivity index (χ3v) is 5.58. The van der Waals surface area contributed by atoms with Gasteiger partial charge in [0.25, 0.3) is 11.8 Å². The van der Waals surface area contributed by atoms with Crippen LogP contribution in [0.5, 0.6) is 0 Å². The number of amides is 3. The molecule has 0 aliphatic heterocycles. The first-order valence-corrected chi connectivity index (χ1v) is 11.4. The van der Waals surface area contributed by atoms with E-state index in [1.807, 2.05) is 32.9 Å². The Kier molecular flexibility index (Phi) is 8.15. The summed E-state index contributed by atoms with van der Waals surface area (Å²) in [5.74, 6) is -2.15. The van der Waals surface area contributed by atoms with Crippen molar-refractivity contribution in [3.63, 3.8) is 0 Å². The molecule has 0 aliphatic carbocycles. The lowest BCUT2D eigenvalue weighted by atomic mass is 10.1. The molecule has 0 aliphatic rings. The zero-order chi connectivity index (χ0) is 24.7. The molecular weight excluding hydrogens is 454 g/mol. The number of benzene rings is 2. The van der Waals surface area contributed by atoms with Crippen molar-refractivity contribution in [1.29, 1.82) is 0 Å². The molecule has 9 heteroatoms. The molecule has 3 rings (SSSR count). The van der Waals surface area contributed by atoms with Gasteiger partial charge in [-0.2, -0.15) is 11.3 Å². The number of thiophene rings is 1. The molecule has 3 aromatic rings. The first-order chi connectivity index (χ1) is 16.2. The van der Waals surface area contributed by atoms with E-state index in [1.165, 1.54) is 17.4 Å². The third kappa shape index (κ3) is 6.52. The normalized spacial score (nSPS) is 10.3. The van der Waals surface area contributed by atoms with Crippen molar-refractivity contribution in [2.24, 2.45) is 0 Å². The minimum absolute atomic E-state index is 0.113. The van der Waals surface area contributed by atoms with Crippen molar-refractivity contribution >= 4 is 46.4 Å². The molecule has 0 bridgehead atoms. The predicted molar refractivity (Wildman–Crippen MR) is 131 cm³/mol. The van der Waals surface area contributed by atoms with E-state index in [9.17, 15) is 19.2 Å². The Morgan fingerprint density at radius 2 is 1.62 bits per heavy atom. The maximum atomic E-state index is 12.5.